The van der Waals surface area contributed by atoms with E-state index in [0.717, 1.165) is 23.1 Å². The van der Waals surface area contributed by atoms with Gasteiger partial charge in [0.15, 0.2) is 5.75 Å². The first-order chi connectivity index (χ1) is 15.0. The van der Waals surface area contributed by atoms with Gasteiger partial charge in [-0.1, -0.05) is 30.3 Å². The number of pyridine rings is 1. The summed E-state index contributed by atoms with van der Waals surface area (Å²) in [5.41, 5.74) is 2.74. The zero-order valence-corrected chi connectivity index (χ0v) is 18.9. The first kappa shape index (κ1) is 23.0. The van der Waals surface area contributed by atoms with Crippen LogP contribution in [0.15, 0.2) is 70.5 Å². The van der Waals surface area contributed by atoms with Crippen LogP contribution < -0.4 is 10.5 Å². The van der Waals surface area contributed by atoms with Crippen molar-refractivity contribution >= 4 is 26.7 Å². The van der Waals surface area contributed by atoms with E-state index in [9.17, 15) is 18.3 Å². The zero-order chi connectivity index (χ0) is 23.6. The summed E-state index contributed by atoms with van der Waals surface area (Å²) < 4.78 is 34.1. The van der Waals surface area contributed by atoms with Crippen molar-refractivity contribution in [3.63, 3.8) is 0 Å². The zero-order valence-electron chi connectivity index (χ0n) is 18.1. The molecule has 9 nitrogen and oxygen atoms in total. The Hall–Kier alpha value is -3.63. The minimum Gasteiger partial charge on any atom is -0.504 e. The molecule has 0 spiro atoms. The Balaban J connectivity index is 0.000000182. The molecule has 0 aliphatic heterocycles. The highest BCUT2D eigenvalue weighted by molar-refractivity contribution is 7.86. The maximum Gasteiger partial charge on any atom is 0.298 e. The van der Waals surface area contributed by atoms with Crippen molar-refractivity contribution in [2.75, 3.05) is 19.0 Å². The number of aromatic hydroxyl groups is 1. The van der Waals surface area contributed by atoms with Crippen molar-refractivity contribution in [3.05, 3.63) is 76.8 Å². The van der Waals surface area contributed by atoms with Gasteiger partial charge in [0.2, 0.25) is 0 Å². The molecule has 4 aromatic rings. The van der Waals surface area contributed by atoms with E-state index in [1.807, 2.05) is 68.0 Å². The van der Waals surface area contributed by atoms with Gasteiger partial charge in [0, 0.05) is 32.7 Å². The Morgan fingerprint density at radius 1 is 1.00 bits per heavy atom. The Kier molecular flexibility index (Phi) is 6.37. The van der Waals surface area contributed by atoms with E-state index in [1.165, 1.54) is 12.3 Å². The number of hydrogen-bond donors (Lipinski definition) is 2. The molecule has 0 saturated heterocycles. The molecular formula is C22H24N4O5S. The highest BCUT2D eigenvalue weighted by Crippen LogP contribution is 2.29. The molecule has 0 fully saturated rings. The third kappa shape index (κ3) is 4.36. The molecule has 0 saturated carbocycles. The van der Waals surface area contributed by atoms with Crippen LogP contribution in [0.2, 0.25) is 0 Å². The molecule has 2 aromatic carbocycles. The predicted octanol–water partition coefficient (Wildman–Crippen LogP) is 2.74. The fraction of sp³-hybridized carbons (Fsp3) is 0.182. The summed E-state index contributed by atoms with van der Waals surface area (Å²) in [5, 5.41) is 10.2. The SMILES string of the molecule is Cc1c(N(C)C)c(=O)n(-c2ccccc2)n1C.O=S(=O)(O)c1ccc2cccnc2c1O. The van der Waals surface area contributed by atoms with Crippen LogP contribution in [-0.4, -0.2) is 46.5 Å². The fourth-order valence-corrected chi connectivity index (χ4v) is 3.97. The van der Waals surface area contributed by atoms with Gasteiger partial charge in [-0.3, -0.25) is 19.0 Å². The van der Waals surface area contributed by atoms with Crippen LogP contribution in [0, 0.1) is 6.92 Å². The second-order valence-corrected chi connectivity index (χ2v) is 8.66. The van der Waals surface area contributed by atoms with E-state index in [-0.39, 0.29) is 11.1 Å². The number of phenolic OH excluding ortho intramolecular Hbond substituents is 1. The molecular weight excluding hydrogens is 432 g/mol. The molecule has 32 heavy (non-hydrogen) atoms. The highest BCUT2D eigenvalue weighted by Gasteiger charge is 2.18. The van der Waals surface area contributed by atoms with Gasteiger partial charge in [0.05, 0.1) is 11.4 Å². The van der Waals surface area contributed by atoms with E-state index in [1.54, 1.807) is 16.8 Å². The lowest BCUT2D eigenvalue weighted by atomic mass is 10.2. The lowest BCUT2D eigenvalue weighted by Crippen LogP contribution is -2.23. The molecule has 0 atom stereocenters. The first-order valence-electron chi connectivity index (χ1n) is 9.59. The van der Waals surface area contributed by atoms with Gasteiger partial charge in [-0.15, -0.1) is 0 Å². The van der Waals surface area contributed by atoms with Gasteiger partial charge in [-0.05, 0) is 31.2 Å². The lowest BCUT2D eigenvalue weighted by molar-refractivity contribution is 0.447. The summed E-state index contributed by atoms with van der Waals surface area (Å²) in [6, 6.07) is 15.6. The molecule has 0 aliphatic rings. The minimum absolute atomic E-state index is 0.0150. The summed E-state index contributed by atoms with van der Waals surface area (Å²) in [6.45, 7) is 1.95. The molecule has 4 rings (SSSR count). The van der Waals surface area contributed by atoms with Crippen LogP contribution in [0.5, 0.6) is 5.75 Å². The van der Waals surface area contributed by atoms with Gasteiger partial charge in [-0.25, -0.2) is 4.68 Å². The fourth-order valence-electron chi connectivity index (χ4n) is 3.39. The number of nitrogens with zero attached hydrogens (tertiary/aromatic N) is 4. The normalized spacial score (nSPS) is 11.2. The topological polar surface area (TPSA) is 118 Å². The highest BCUT2D eigenvalue weighted by atomic mass is 32.2. The van der Waals surface area contributed by atoms with Crippen LogP contribution in [0.1, 0.15) is 5.69 Å². The van der Waals surface area contributed by atoms with Crippen molar-refractivity contribution in [1.82, 2.24) is 14.3 Å². The molecule has 2 aromatic heterocycles. The Morgan fingerprint density at radius 2 is 1.66 bits per heavy atom. The van der Waals surface area contributed by atoms with Crippen molar-refractivity contribution in [1.29, 1.82) is 0 Å². The molecule has 0 bridgehead atoms. The number of para-hydroxylation sites is 1. The van der Waals surface area contributed by atoms with Gasteiger partial charge in [0.25, 0.3) is 15.7 Å². The van der Waals surface area contributed by atoms with Crippen molar-refractivity contribution < 1.29 is 18.1 Å². The second-order valence-electron chi connectivity index (χ2n) is 7.27. The molecule has 0 amide bonds. The lowest BCUT2D eigenvalue weighted by Gasteiger charge is -2.09. The van der Waals surface area contributed by atoms with Crippen LogP contribution in [0.4, 0.5) is 5.69 Å². The second kappa shape index (κ2) is 8.85. The number of aromatic nitrogens is 3. The van der Waals surface area contributed by atoms with Crippen LogP contribution in [0.3, 0.4) is 0 Å². The Labute approximate surface area is 185 Å². The smallest absolute Gasteiger partial charge is 0.298 e. The summed E-state index contributed by atoms with van der Waals surface area (Å²) in [5.74, 6) is -0.532. The average molecular weight is 457 g/mol. The number of anilines is 1. The first-order valence-corrected chi connectivity index (χ1v) is 11.0. The maximum absolute atomic E-state index is 12.4. The third-order valence-corrected chi connectivity index (χ3v) is 5.85. The molecule has 0 unspecified atom stereocenters. The Morgan fingerprint density at radius 3 is 2.22 bits per heavy atom. The number of phenols is 1. The van der Waals surface area contributed by atoms with Crippen molar-refractivity contribution in [2.45, 2.75) is 11.8 Å². The van der Waals surface area contributed by atoms with Crippen LogP contribution in [0.25, 0.3) is 16.6 Å². The van der Waals surface area contributed by atoms with Gasteiger partial charge >= 0.3 is 0 Å². The van der Waals surface area contributed by atoms with E-state index in [4.69, 9.17) is 4.55 Å². The predicted molar refractivity (Wildman–Crippen MR) is 123 cm³/mol. The third-order valence-electron chi connectivity index (χ3n) is 4.96. The summed E-state index contributed by atoms with van der Waals surface area (Å²) in [4.78, 5) is 17.5. The van der Waals surface area contributed by atoms with E-state index >= 15 is 0 Å². The van der Waals surface area contributed by atoms with E-state index < -0.39 is 20.8 Å². The van der Waals surface area contributed by atoms with Crippen LogP contribution in [-0.2, 0) is 17.2 Å². The number of hydrogen-bond acceptors (Lipinski definition) is 6. The number of benzene rings is 2. The maximum atomic E-state index is 12.4. The van der Waals surface area contributed by atoms with Gasteiger partial charge in [0.1, 0.15) is 16.1 Å². The summed E-state index contributed by atoms with van der Waals surface area (Å²) in [6.07, 6.45) is 1.43. The molecule has 10 heteroatoms. The Bertz CT molecular complexity index is 1420. The van der Waals surface area contributed by atoms with Gasteiger partial charge in [-0.2, -0.15) is 8.42 Å². The molecule has 2 N–H and O–H groups in total. The molecule has 168 valence electrons. The van der Waals surface area contributed by atoms with Crippen LogP contribution >= 0.6 is 0 Å². The summed E-state index contributed by atoms with van der Waals surface area (Å²) in [7, 11) is 1.26. The van der Waals surface area contributed by atoms with Crippen molar-refractivity contribution in [2.24, 2.45) is 7.05 Å². The standard InChI is InChI=1S/C13H17N3O.C9H7NO4S/c1-10-12(14(2)3)13(17)16(15(10)4)11-8-6-5-7-9-11;11-9-7(15(12,13)14)4-3-6-2-1-5-10-8(6)9/h5-9H,1-4H3;1-5,11H,(H,12,13,14). The van der Waals surface area contributed by atoms with Gasteiger partial charge < -0.3 is 10.0 Å². The average Bonchev–Trinajstić information content (AvgIpc) is 2.97. The molecule has 0 aliphatic carbocycles. The molecule has 0 radical (unpaired) electrons. The monoisotopic (exact) mass is 456 g/mol. The molecule has 2 heterocycles. The van der Waals surface area contributed by atoms with E-state index in [2.05, 4.69) is 4.98 Å². The minimum atomic E-state index is -4.41. The number of rotatable bonds is 3. The quantitative estimate of drug-likeness (QED) is 0.455. The number of fused-ring (bicyclic) bond motifs is 1. The van der Waals surface area contributed by atoms with E-state index in [0.29, 0.717) is 5.39 Å². The summed E-state index contributed by atoms with van der Waals surface area (Å²) >= 11 is 0. The largest absolute Gasteiger partial charge is 0.504 e. The van der Waals surface area contributed by atoms with Crippen molar-refractivity contribution in [3.8, 4) is 11.4 Å².